The zero-order valence-corrected chi connectivity index (χ0v) is 49.0. The van der Waals surface area contributed by atoms with Gasteiger partial charge in [0.15, 0.2) is 0 Å². The van der Waals surface area contributed by atoms with Crippen LogP contribution < -0.4 is 0 Å². The lowest BCUT2D eigenvalue weighted by Gasteiger charge is -2.30. The summed E-state index contributed by atoms with van der Waals surface area (Å²) in [5.74, 6) is 0. The van der Waals surface area contributed by atoms with Crippen molar-refractivity contribution in [3.63, 3.8) is 0 Å². The largest absolute Gasteiger partial charge is 0.307 e. The second-order valence-corrected chi connectivity index (χ2v) is 22.7. The van der Waals surface area contributed by atoms with Gasteiger partial charge in [0.1, 0.15) is 11.6 Å². The van der Waals surface area contributed by atoms with E-state index in [1.165, 1.54) is 0 Å². The summed E-state index contributed by atoms with van der Waals surface area (Å²) in [6.45, 7) is 0. The van der Waals surface area contributed by atoms with E-state index in [1.54, 1.807) is 97.1 Å². The van der Waals surface area contributed by atoms with Crippen molar-refractivity contribution in [3.05, 3.63) is 268 Å². The molecule has 0 spiro atoms. The number of rotatable bonds is 7. The summed E-state index contributed by atoms with van der Waals surface area (Å²) in [5.41, 5.74) is 12.5. The SMILES string of the molecule is N#Cc1ccc2c(c1)c1cc(C#N)ccc1n2-c1c(C#N)c(-n2c3ccc(C#N)cc3c3cc(C#N)ccc32)c(-n2c3ccc(C#N)cc3c3cc(C#N)ccc32)c(-n2c3ccc(C#N)cc3c3cc(C#N)ccc32)c1-c1ccc(-c2ccccc2)nc1-c1ccccc1. The molecule has 0 unspecified atom stereocenters. The zero-order chi connectivity index (χ0) is 64.0. The van der Waals surface area contributed by atoms with Crippen molar-refractivity contribution < 1.29 is 0 Å². The fourth-order valence-electron chi connectivity index (χ4n) is 13.8. The van der Waals surface area contributed by atoms with Gasteiger partial charge in [-0.1, -0.05) is 60.7 Å². The number of hydrogen-bond donors (Lipinski definition) is 0. The molecule has 11 aromatic carbocycles. The monoisotopic (exact) mass is 1190 g/mol. The van der Waals surface area contributed by atoms with Crippen LogP contribution in [0.1, 0.15) is 50.1 Å². The van der Waals surface area contributed by atoms with Crippen LogP contribution in [0.25, 0.3) is 144 Å². The molecule has 0 atom stereocenters. The minimum Gasteiger partial charge on any atom is -0.307 e. The highest BCUT2D eigenvalue weighted by Gasteiger charge is 2.37. The van der Waals surface area contributed by atoms with Crippen molar-refractivity contribution in [2.75, 3.05) is 0 Å². The molecule has 0 N–H and O–H groups in total. The second kappa shape index (κ2) is 21.2. The summed E-state index contributed by atoms with van der Waals surface area (Å²) < 4.78 is 8.20. The maximum absolute atomic E-state index is 13.2. The quantitative estimate of drug-likeness (QED) is 0.146. The van der Waals surface area contributed by atoms with E-state index in [-0.39, 0.29) is 5.56 Å². The van der Waals surface area contributed by atoms with E-state index in [0.29, 0.717) is 183 Å². The molecule has 5 aromatic heterocycles. The molecule has 0 aliphatic rings. The van der Waals surface area contributed by atoms with Gasteiger partial charge in [-0.15, -0.1) is 0 Å². The molecule has 5 heterocycles. The third kappa shape index (κ3) is 8.03. The van der Waals surface area contributed by atoms with Gasteiger partial charge < -0.3 is 18.3 Å². The third-order valence-corrected chi connectivity index (χ3v) is 17.8. The molecule has 0 aliphatic heterocycles. The topological polar surface area (TPSA) is 247 Å². The smallest absolute Gasteiger partial charge is 0.104 e. The lowest BCUT2D eigenvalue weighted by atomic mass is 9.90. The van der Waals surface area contributed by atoms with Crippen LogP contribution in [-0.4, -0.2) is 23.3 Å². The molecular formula is C80H36N14. The van der Waals surface area contributed by atoms with Crippen LogP contribution in [0.3, 0.4) is 0 Å². The van der Waals surface area contributed by atoms with Crippen LogP contribution in [0.5, 0.6) is 0 Å². The Hall–Kier alpha value is -14.8. The average molecular weight is 1190 g/mol. The van der Waals surface area contributed by atoms with Crippen LogP contribution in [0.15, 0.2) is 218 Å². The molecule has 0 amide bonds. The zero-order valence-electron chi connectivity index (χ0n) is 49.0. The average Bonchev–Trinajstić information content (AvgIpc) is 1.43. The fraction of sp³-hybridized carbons (Fsp3) is 0. The van der Waals surface area contributed by atoms with Crippen LogP contribution >= 0.6 is 0 Å². The number of pyridine rings is 1. The molecule has 14 heteroatoms. The standard InChI is InChI=1S/C80H36N14/c81-37-46-11-21-67-57(29-46)58-30-47(38-82)12-22-68(58)91(67)77-65(45-89)78(92-69-23-13-48(39-83)31-59(69)60-32-49(40-84)14-24-70(60)92)80(94-73-27-17-52(43-87)35-63(73)64-36-53(44-88)18-28-74(64)94)79(93-71-25-15-50(41-85)33-61(71)62-34-51(42-86)16-26-72(62)93)75(77)56-19-20-66(54-7-3-1-4-8-54)90-76(56)55-9-5-2-6-10-55/h1-36H. The molecule has 14 nitrogen and oxygen atoms in total. The molecule has 0 fully saturated rings. The Morgan fingerprint density at radius 1 is 0.245 bits per heavy atom. The van der Waals surface area contributed by atoms with Gasteiger partial charge >= 0.3 is 0 Å². The highest BCUT2D eigenvalue weighted by Crippen LogP contribution is 2.54. The second-order valence-electron chi connectivity index (χ2n) is 22.7. The summed E-state index contributed by atoms with van der Waals surface area (Å²) in [6, 6.07) is 88.0. The summed E-state index contributed by atoms with van der Waals surface area (Å²) in [5, 5.41) is 103. The lowest BCUT2D eigenvalue weighted by molar-refractivity contribution is 1.03. The molecule has 16 aromatic rings. The van der Waals surface area contributed by atoms with Gasteiger partial charge in [-0.2, -0.15) is 47.4 Å². The number of nitriles is 9. The van der Waals surface area contributed by atoms with Crippen molar-refractivity contribution in [1.82, 2.24) is 23.3 Å². The predicted octanol–water partition coefficient (Wildman–Crippen LogP) is 17.3. The number of nitrogens with zero attached hydrogens (tertiary/aromatic N) is 14. The maximum Gasteiger partial charge on any atom is 0.104 e. The normalized spacial score (nSPS) is 11.1. The van der Waals surface area contributed by atoms with Gasteiger partial charge in [0.05, 0.1) is 171 Å². The highest BCUT2D eigenvalue weighted by molar-refractivity contribution is 6.18. The first-order chi connectivity index (χ1) is 46.2. The van der Waals surface area contributed by atoms with Crippen molar-refractivity contribution in [1.29, 1.82) is 47.4 Å². The van der Waals surface area contributed by atoms with E-state index in [9.17, 15) is 47.4 Å². The van der Waals surface area contributed by atoms with Crippen LogP contribution in [0.2, 0.25) is 0 Å². The number of fused-ring (bicyclic) bond motifs is 12. The van der Waals surface area contributed by atoms with E-state index < -0.39 is 0 Å². The van der Waals surface area contributed by atoms with Gasteiger partial charge in [0, 0.05) is 65.3 Å². The Morgan fingerprint density at radius 2 is 0.521 bits per heavy atom. The van der Waals surface area contributed by atoms with E-state index in [2.05, 4.69) is 63.8 Å². The molecule has 0 bridgehead atoms. The Morgan fingerprint density at radius 3 is 0.819 bits per heavy atom. The van der Waals surface area contributed by atoms with Crippen LogP contribution in [0.4, 0.5) is 0 Å². The molecule has 0 saturated carbocycles. The molecule has 0 saturated heterocycles. The van der Waals surface area contributed by atoms with E-state index >= 15 is 0 Å². The first kappa shape index (κ1) is 54.6. The summed E-state index contributed by atoms with van der Waals surface area (Å²) in [7, 11) is 0. The Kier molecular flexibility index (Phi) is 12.3. The van der Waals surface area contributed by atoms with Crippen molar-refractivity contribution in [3.8, 4) is 111 Å². The van der Waals surface area contributed by atoms with E-state index in [4.69, 9.17) is 4.98 Å². The summed E-state index contributed by atoms with van der Waals surface area (Å²) >= 11 is 0. The maximum atomic E-state index is 13.2. The summed E-state index contributed by atoms with van der Waals surface area (Å²) in [4.78, 5) is 5.68. The van der Waals surface area contributed by atoms with Gasteiger partial charge in [0.25, 0.3) is 0 Å². The highest BCUT2D eigenvalue weighted by atomic mass is 15.1. The van der Waals surface area contributed by atoms with Gasteiger partial charge in [-0.25, -0.2) is 4.98 Å². The van der Waals surface area contributed by atoms with Gasteiger partial charge in [0.2, 0.25) is 0 Å². The molecule has 0 radical (unpaired) electrons. The predicted molar refractivity (Wildman–Crippen MR) is 360 cm³/mol. The molecule has 16 rings (SSSR count). The molecule has 94 heavy (non-hydrogen) atoms. The third-order valence-electron chi connectivity index (χ3n) is 17.8. The Labute approximate surface area is 534 Å². The van der Waals surface area contributed by atoms with Crippen molar-refractivity contribution in [2.45, 2.75) is 0 Å². The van der Waals surface area contributed by atoms with Gasteiger partial charge in [-0.3, -0.25) is 0 Å². The number of benzene rings is 11. The van der Waals surface area contributed by atoms with Crippen molar-refractivity contribution in [2.24, 2.45) is 0 Å². The molecule has 426 valence electrons. The Bertz CT molecular complexity index is 6240. The fourth-order valence-corrected chi connectivity index (χ4v) is 13.8. The number of hydrogen-bond acceptors (Lipinski definition) is 10. The Balaban J connectivity index is 1.29. The summed E-state index contributed by atoms with van der Waals surface area (Å²) in [6.07, 6.45) is 0. The lowest BCUT2D eigenvalue weighted by Crippen LogP contribution is -2.17. The molecular weight excluding hydrogens is 1160 g/mol. The van der Waals surface area contributed by atoms with Crippen LogP contribution in [0, 0.1) is 102 Å². The van der Waals surface area contributed by atoms with Crippen molar-refractivity contribution >= 4 is 87.2 Å². The van der Waals surface area contributed by atoms with E-state index in [0.717, 1.165) is 5.56 Å². The first-order valence-electron chi connectivity index (χ1n) is 29.5. The molecule has 0 aliphatic carbocycles. The van der Waals surface area contributed by atoms with Crippen LogP contribution in [-0.2, 0) is 0 Å². The number of aromatic nitrogens is 5. The van der Waals surface area contributed by atoms with Gasteiger partial charge in [-0.05, 0) is 158 Å². The first-order valence-corrected chi connectivity index (χ1v) is 29.5. The minimum absolute atomic E-state index is 0.0940. The minimum atomic E-state index is 0.0940. The van der Waals surface area contributed by atoms with E-state index in [1.807, 2.05) is 130 Å².